The highest BCUT2D eigenvalue weighted by Gasteiger charge is 2.11. The van der Waals surface area contributed by atoms with E-state index in [4.69, 9.17) is 4.74 Å². The van der Waals surface area contributed by atoms with E-state index >= 15 is 0 Å². The van der Waals surface area contributed by atoms with Gasteiger partial charge in [-0.25, -0.2) is 0 Å². The first-order chi connectivity index (χ1) is 8.40. The molecule has 2 rings (SSSR count). The summed E-state index contributed by atoms with van der Waals surface area (Å²) in [7, 11) is 1.93. The van der Waals surface area contributed by atoms with Crippen molar-refractivity contribution in [2.45, 2.75) is 6.10 Å². The molecule has 0 heterocycles. The van der Waals surface area contributed by atoms with Crippen molar-refractivity contribution in [2.75, 3.05) is 13.6 Å². The Morgan fingerprint density at radius 3 is 2.06 bits per heavy atom. The molecule has 1 atom stereocenters. The molecule has 1 N–H and O–H groups in total. The Bertz CT molecular complexity index is 433. The Labute approximate surface area is 114 Å². The van der Waals surface area contributed by atoms with E-state index in [9.17, 15) is 0 Å². The number of para-hydroxylation sites is 1. The topological polar surface area (TPSA) is 21.3 Å². The lowest BCUT2D eigenvalue weighted by Gasteiger charge is -2.19. The van der Waals surface area contributed by atoms with Gasteiger partial charge in [-0.15, -0.1) is 12.4 Å². The van der Waals surface area contributed by atoms with Crippen LogP contribution in [-0.4, -0.2) is 13.6 Å². The molecule has 96 valence electrons. The molecule has 0 aliphatic carbocycles. The third-order valence-electron chi connectivity index (χ3n) is 2.58. The zero-order valence-corrected chi connectivity index (χ0v) is 11.2. The third-order valence-corrected chi connectivity index (χ3v) is 2.58. The Hall–Kier alpha value is -1.51. The highest BCUT2D eigenvalue weighted by atomic mass is 35.5. The van der Waals surface area contributed by atoms with Crippen LogP contribution < -0.4 is 10.1 Å². The molecular formula is C15H18ClNO. The first kappa shape index (κ1) is 14.6. The maximum absolute atomic E-state index is 5.98. The van der Waals surface area contributed by atoms with Crippen LogP contribution in [0.5, 0.6) is 5.75 Å². The van der Waals surface area contributed by atoms with Gasteiger partial charge in [0.05, 0.1) is 0 Å². The smallest absolute Gasteiger partial charge is 0.136 e. The molecule has 1 unspecified atom stereocenters. The maximum atomic E-state index is 5.98. The van der Waals surface area contributed by atoms with Crippen LogP contribution in [0.4, 0.5) is 0 Å². The highest BCUT2D eigenvalue weighted by Crippen LogP contribution is 2.20. The molecule has 0 aromatic heterocycles. The van der Waals surface area contributed by atoms with Crippen LogP contribution in [0.25, 0.3) is 0 Å². The van der Waals surface area contributed by atoms with E-state index in [0.29, 0.717) is 0 Å². The van der Waals surface area contributed by atoms with Gasteiger partial charge in [0.15, 0.2) is 0 Å². The second-order valence-electron chi connectivity index (χ2n) is 3.89. The summed E-state index contributed by atoms with van der Waals surface area (Å²) >= 11 is 0. The first-order valence-corrected chi connectivity index (χ1v) is 5.81. The lowest BCUT2D eigenvalue weighted by atomic mass is 10.1. The number of hydrogen-bond acceptors (Lipinski definition) is 2. The number of rotatable bonds is 5. The van der Waals surface area contributed by atoms with Crippen LogP contribution in [0.1, 0.15) is 11.7 Å². The first-order valence-electron chi connectivity index (χ1n) is 5.81. The molecule has 0 aliphatic rings. The normalized spacial score (nSPS) is 11.4. The van der Waals surface area contributed by atoms with Gasteiger partial charge in [0.25, 0.3) is 0 Å². The van der Waals surface area contributed by atoms with Gasteiger partial charge in [-0.1, -0.05) is 48.5 Å². The summed E-state index contributed by atoms with van der Waals surface area (Å²) < 4.78 is 5.98. The number of halogens is 1. The molecule has 3 heteroatoms. The zero-order chi connectivity index (χ0) is 11.9. The van der Waals surface area contributed by atoms with Crippen LogP contribution in [0, 0.1) is 0 Å². The summed E-state index contributed by atoms with van der Waals surface area (Å²) in [6, 6.07) is 20.2. The zero-order valence-electron chi connectivity index (χ0n) is 10.4. The van der Waals surface area contributed by atoms with Crippen LogP contribution in [0.2, 0.25) is 0 Å². The van der Waals surface area contributed by atoms with Gasteiger partial charge in [-0.05, 0) is 24.7 Å². The summed E-state index contributed by atoms with van der Waals surface area (Å²) in [5, 5.41) is 3.16. The van der Waals surface area contributed by atoms with E-state index in [1.165, 1.54) is 5.56 Å². The van der Waals surface area contributed by atoms with Gasteiger partial charge in [0.2, 0.25) is 0 Å². The van der Waals surface area contributed by atoms with Crippen LogP contribution >= 0.6 is 12.4 Å². The number of hydrogen-bond donors (Lipinski definition) is 1. The minimum atomic E-state index is 0. The van der Waals surface area contributed by atoms with E-state index in [0.717, 1.165) is 12.3 Å². The van der Waals surface area contributed by atoms with E-state index < -0.39 is 0 Å². The van der Waals surface area contributed by atoms with Crippen molar-refractivity contribution in [3.05, 3.63) is 66.2 Å². The SMILES string of the molecule is CNCC(Oc1ccccc1)c1ccccc1.Cl. The third kappa shape index (κ3) is 4.06. The monoisotopic (exact) mass is 263 g/mol. The van der Waals surface area contributed by atoms with Crippen molar-refractivity contribution in [1.82, 2.24) is 5.32 Å². The molecule has 2 aromatic carbocycles. The molecule has 0 bridgehead atoms. The van der Waals surface area contributed by atoms with Gasteiger partial charge < -0.3 is 10.1 Å². The van der Waals surface area contributed by atoms with Crippen LogP contribution in [0.3, 0.4) is 0 Å². The molecule has 0 amide bonds. The number of benzene rings is 2. The minimum absolute atomic E-state index is 0. The average molecular weight is 264 g/mol. The molecule has 0 saturated heterocycles. The largest absolute Gasteiger partial charge is 0.484 e. The predicted octanol–water partition coefficient (Wildman–Crippen LogP) is 3.45. The van der Waals surface area contributed by atoms with Gasteiger partial charge in [0.1, 0.15) is 11.9 Å². The van der Waals surface area contributed by atoms with Crippen LogP contribution in [0.15, 0.2) is 60.7 Å². The number of ether oxygens (including phenoxy) is 1. The Kier molecular flexibility index (Phi) is 6.26. The maximum Gasteiger partial charge on any atom is 0.136 e. The summed E-state index contributed by atoms with van der Waals surface area (Å²) in [5.74, 6) is 0.900. The average Bonchev–Trinajstić information content (AvgIpc) is 2.40. The fraction of sp³-hybridized carbons (Fsp3) is 0.200. The van der Waals surface area contributed by atoms with E-state index in [-0.39, 0.29) is 18.5 Å². The molecular weight excluding hydrogens is 246 g/mol. The molecule has 2 nitrogen and oxygen atoms in total. The molecule has 0 fully saturated rings. The highest BCUT2D eigenvalue weighted by molar-refractivity contribution is 5.85. The lowest BCUT2D eigenvalue weighted by molar-refractivity contribution is 0.205. The Morgan fingerprint density at radius 2 is 1.50 bits per heavy atom. The summed E-state index contributed by atoms with van der Waals surface area (Å²) in [4.78, 5) is 0. The Morgan fingerprint density at radius 1 is 0.944 bits per heavy atom. The van der Waals surface area contributed by atoms with Crippen molar-refractivity contribution in [3.63, 3.8) is 0 Å². The Balaban J connectivity index is 0.00000162. The van der Waals surface area contributed by atoms with Gasteiger partial charge in [-0.3, -0.25) is 0 Å². The van der Waals surface area contributed by atoms with Gasteiger partial charge >= 0.3 is 0 Å². The van der Waals surface area contributed by atoms with Crippen LogP contribution in [-0.2, 0) is 0 Å². The number of nitrogens with one attached hydrogen (secondary N) is 1. The predicted molar refractivity (Wildman–Crippen MR) is 77.4 cm³/mol. The fourth-order valence-corrected chi connectivity index (χ4v) is 1.74. The van der Waals surface area contributed by atoms with Crippen molar-refractivity contribution in [2.24, 2.45) is 0 Å². The van der Waals surface area contributed by atoms with E-state index in [1.54, 1.807) is 0 Å². The van der Waals surface area contributed by atoms with E-state index in [2.05, 4.69) is 17.4 Å². The summed E-state index contributed by atoms with van der Waals surface area (Å²) in [6.07, 6.45) is 0.0450. The summed E-state index contributed by atoms with van der Waals surface area (Å²) in [5.41, 5.74) is 1.19. The second kappa shape index (κ2) is 7.75. The molecule has 0 aliphatic heterocycles. The lowest BCUT2D eigenvalue weighted by Crippen LogP contribution is -2.21. The van der Waals surface area contributed by atoms with Gasteiger partial charge in [0, 0.05) is 6.54 Å². The quantitative estimate of drug-likeness (QED) is 0.892. The van der Waals surface area contributed by atoms with Crippen molar-refractivity contribution >= 4 is 12.4 Å². The molecule has 2 aromatic rings. The standard InChI is InChI=1S/C15H17NO.ClH/c1-16-12-15(13-8-4-2-5-9-13)17-14-10-6-3-7-11-14;/h2-11,15-16H,12H2,1H3;1H. The molecule has 0 spiro atoms. The molecule has 0 saturated carbocycles. The van der Waals surface area contributed by atoms with Crippen molar-refractivity contribution < 1.29 is 4.74 Å². The molecule has 18 heavy (non-hydrogen) atoms. The van der Waals surface area contributed by atoms with Crippen molar-refractivity contribution in [1.29, 1.82) is 0 Å². The fourth-order valence-electron chi connectivity index (χ4n) is 1.74. The minimum Gasteiger partial charge on any atom is -0.484 e. The van der Waals surface area contributed by atoms with Gasteiger partial charge in [-0.2, -0.15) is 0 Å². The van der Waals surface area contributed by atoms with Crippen molar-refractivity contribution in [3.8, 4) is 5.75 Å². The number of likely N-dealkylation sites (N-methyl/N-ethyl adjacent to an activating group) is 1. The molecule has 0 radical (unpaired) electrons. The van der Waals surface area contributed by atoms with E-state index in [1.807, 2.05) is 55.6 Å². The second-order valence-corrected chi connectivity index (χ2v) is 3.89. The summed E-state index contributed by atoms with van der Waals surface area (Å²) in [6.45, 7) is 0.791.